The van der Waals surface area contributed by atoms with Gasteiger partial charge in [-0.1, -0.05) is 63.2 Å². The van der Waals surface area contributed by atoms with E-state index in [1.165, 1.54) is 0 Å². The fourth-order valence-corrected chi connectivity index (χ4v) is 2.93. The molecule has 4 heteroatoms. The maximum atomic E-state index is 12.7. The summed E-state index contributed by atoms with van der Waals surface area (Å²) in [6.07, 6.45) is 0.235. The van der Waals surface area contributed by atoms with Gasteiger partial charge in [-0.3, -0.25) is 4.79 Å². The van der Waals surface area contributed by atoms with Crippen LogP contribution in [-0.2, 0) is 17.8 Å². The fraction of sp³-hybridized carbons (Fsp3) is 0.381. The Bertz CT molecular complexity index is 719. The van der Waals surface area contributed by atoms with Gasteiger partial charge in [0, 0.05) is 5.56 Å². The molecule has 2 N–H and O–H groups in total. The quantitative estimate of drug-likeness (QED) is 0.843. The van der Waals surface area contributed by atoms with Gasteiger partial charge in [-0.25, -0.2) is 0 Å². The number of benzene rings is 2. The van der Waals surface area contributed by atoms with Crippen molar-refractivity contribution in [1.82, 2.24) is 5.32 Å². The molecule has 1 unspecified atom stereocenters. The van der Waals surface area contributed by atoms with E-state index in [0.717, 1.165) is 22.4 Å². The average Bonchev–Trinajstić information content (AvgIpc) is 2.59. The summed E-state index contributed by atoms with van der Waals surface area (Å²) in [5, 5.41) is 12.6. The Morgan fingerprint density at radius 1 is 1.08 bits per heavy atom. The maximum absolute atomic E-state index is 12.7. The molecule has 2 aromatic carbocycles. The van der Waals surface area contributed by atoms with Gasteiger partial charge in [-0.15, -0.1) is 0 Å². The summed E-state index contributed by atoms with van der Waals surface area (Å²) < 4.78 is 5.47. The number of aliphatic hydroxyl groups excluding tert-OH is 1. The lowest BCUT2D eigenvalue weighted by Gasteiger charge is -2.33. The van der Waals surface area contributed by atoms with Crippen LogP contribution in [0.15, 0.2) is 48.5 Å². The molecular weight excluding hydrogens is 314 g/mol. The maximum Gasteiger partial charge on any atom is 0.224 e. The standard InChI is InChI=1S/C21H27NO3/c1-21(2,3)20(17-11-7-8-12-18(17)25-4)22-19(24)13-15-9-5-6-10-16(15)14-23/h5-12,20,23H,13-14H2,1-4H3,(H,22,24). The van der Waals surface area contributed by atoms with E-state index in [4.69, 9.17) is 4.74 Å². The molecule has 0 aliphatic rings. The van der Waals surface area contributed by atoms with E-state index >= 15 is 0 Å². The molecule has 0 fully saturated rings. The van der Waals surface area contributed by atoms with Crippen molar-refractivity contribution in [3.8, 4) is 5.75 Å². The lowest BCUT2D eigenvalue weighted by Crippen LogP contribution is -2.37. The van der Waals surface area contributed by atoms with Crippen LogP contribution in [0.5, 0.6) is 5.75 Å². The first kappa shape index (κ1) is 19.0. The van der Waals surface area contributed by atoms with Crippen molar-refractivity contribution in [2.45, 2.75) is 39.8 Å². The molecule has 2 rings (SSSR count). The Hall–Kier alpha value is -2.33. The summed E-state index contributed by atoms with van der Waals surface area (Å²) in [5.41, 5.74) is 2.40. The molecule has 1 amide bonds. The Morgan fingerprint density at radius 3 is 2.28 bits per heavy atom. The predicted molar refractivity (Wildman–Crippen MR) is 99.4 cm³/mol. The topological polar surface area (TPSA) is 58.6 Å². The van der Waals surface area contributed by atoms with Gasteiger partial charge in [0.25, 0.3) is 0 Å². The average molecular weight is 341 g/mol. The van der Waals surface area contributed by atoms with Gasteiger partial charge in [-0.2, -0.15) is 0 Å². The van der Waals surface area contributed by atoms with Crippen LogP contribution in [0, 0.1) is 5.41 Å². The van der Waals surface area contributed by atoms with Gasteiger partial charge in [0.1, 0.15) is 5.75 Å². The van der Waals surface area contributed by atoms with Crippen LogP contribution in [0.1, 0.15) is 43.5 Å². The molecule has 0 heterocycles. The van der Waals surface area contributed by atoms with Crippen LogP contribution in [0.2, 0.25) is 0 Å². The zero-order valence-corrected chi connectivity index (χ0v) is 15.4. The first-order valence-electron chi connectivity index (χ1n) is 8.46. The minimum Gasteiger partial charge on any atom is -0.496 e. The van der Waals surface area contributed by atoms with E-state index in [1.54, 1.807) is 7.11 Å². The second-order valence-electron chi connectivity index (χ2n) is 7.21. The van der Waals surface area contributed by atoms with Crippen LogP contribution in [0.3, 0.4) is 0 Å². The second kappa shape index (κ2) is 8.17. The zero-order chi connectivity index (χ0) is 18.4. The molecule has 2 aromatic rings. The summed E-state index contributed by atoms with van der Waals surface area (Å²) in [6, 6.07) is 15.0. The van der Waals surface area contributed by atoms with E-state index in [-0.39, 0.29) is 30.4 Å². The second-order valence-corrected chi connectivity index (χ2v) is 7.21. The number of hydrogen-bond acceptors (Lipinski definition) is 3. The van der Waals surface area contributed by atoms with E-state index in [1.807, 2.05) is 48.5 Å². The van der Waals surface area contributed by atoms with Gasteiger partial charge < -0.3 is 15.2 Å². The number of nitrogens with one attached hydrogen (secondary N) is 1. The van der Waals surface area contributed by atoms with Crippen molar-refractivity contribution < 1.29 is 14.6 Å². The molecule has 1 atom stereocenters. The highest BCUT2D eigenvalue weighted by molar-refractivity contribution is 5.79. The highest BCUT2D eigenvalue weighted by atomic mass is 16.5. The summed E-state index contributed by atoms with van der Waals surface area (Å²) in [7, 11) is 1.64. The van der Waals surface area contributed by atoms with Crippen LogP contribution in [-0.4, -0.2) is 18.1 Å². The van der Waals surface area contributed by atoms with Crippen LogP contribution >= 0.6 is 0 Å². The first-order valence-corrected chi connectivity index (χ1v) is 8.46. The first-order chi connectivity index (χ1) is 11.9. The predicted octanol–water partition coefficient (Wildman–Crippen LogP) is 3.63. The summed E-state index contributed by atoms with van der Waals surface area (Å²) in [6.45, 7) is 6.20. The number of carbonyl (C=O) groups excluding carboxylic acids is 1. The largest absolute Gasteiger partial charge is 0.496 e. The monoisotopic (exact) mass is 341 g/mol. The van der Waals surface area contributed by atoms with Gasteiger partial charge in [0.05, 0.1) is 26.2 Å². The van der Waals surface area contributed by atoms with E-state index in [9.17, 15) is 9.90 Å². The summed E-state index contributed by atoms with van der Waals surface area (Å²) >= 11 is 0. The zero-order valence-electron chi connectivity index (χ0n) is 15.4. The molecule has 0 aromatic heterocycles. The molecule has 0 saturated heterocycles. The third-order valence-corrected chi connectivity index (χ3v) is 4.26. The van der Waals surface area contributed by atoms with Crippen LogP contribution < -0.4 is 10.1 Å². The van der Waals surface area contributed by atoms with Gasteiger partial charge in [-0.05, 0) is 22.6 Å². The Balaban J connectivity index is 2.24. The molecule has 0 saturated carbocycles. The number of hydrogen-bond donors (Lipinski definition) is 2. The number of carbonyl (C=O) groups is 1. The lowest BCUT2D eigenvalue weighted by atomic mass is 9.81. The minimum absolute atomic E-state index is 0.0708. The van der Waals surface area contributed by atoms with E-state index < -0.39 is 0 Å². The van der Waals surface area contributed by atoms with Crippen molar-refractivity contribution in [2.24, 2.45) is 5.41 Å². The summed E-state index contributed by atoms with van der Waals surface area (Å²) in [4.78, 5) is 12.7. The fourth-order valence-electron chi connectivity index (χ4n) is 2.93. The lowest BCUT2D eigenvalue weighted by molar-refractivity contribution is -0.122. The number of rotatable bonds is 6. The molecule has 4 nitrogen and oxygen atoms in total. The molecule has 134 valence electrons. The number of methoxy groups -OCH3 is 1. The van der Waals surface area contributed by atoms with Crippen molar-refractivity contribution in [2.75, 3.05) is 7.11 Å². The highest BCUT2D eigenvalue weighted by Crippen LogP contribution is 2.37. The highest BCUT2D eigenvalue weighted by Gasteiger charge is 2.30. The number of amides is 1. The number of para-hydroxylation sites is 1. The Kier molecular flexibility index (Phi) is 6.21. The van der Waals surface area contributed by atoms with Gasteiger partial charge in [0.15, 0.2) is 0 Å². The van der Waals surface area contributed by atoms with Gasteiger partial charge >= 0.3 is 0 Å². The molecule has 0 aliphatic carbocycles. The molecule has 0 spiro atoms. The Labute approximate surface area is 149 Å². The van der Waals surface area contributed by atoms with Crippen molar-refractivity contribution >= 4 is 5.91 Å². The smallest absolute Gasteiger partial charge is 0.224 e. The molecule has 0 bridgehead atoms. The number of ether oxygens (including phenoxy) is 1. The third-order valence-electron chi connectivity index (χ3n) is 4.26. The Morgan fingerprint density at radius 2 is 1.68 bits per heavy atom. The van der Waals surface area contributed by atoms with E-state index in [0.29, 0.717) is 0 Å². The third kappa shape index (κ3) is 4.83. The molecular formula is C21H27NO3. The summed E-state index contributed by atoms with van der Waals surface area (Å²) in [5.74, 6) is 0.685. The molecule has 0 radical (unpaired) electrons. The van der Waals surface area contributed by atoms with Crippen LogP contribution in [0.4, 0.5) is 0 Å². The molecule has 25 heavy (non-hydrogen) atoms. The van der Waals surface area contributed by atoms with Crippen LogP contribution in [0.25, 0.3) is 0 Å². The normalized spacial score (nSPS) is 12.5. The van der Waals surface area contributed by atoms with Crippen molar-refractivity contribution in [3.05, 3.63) is 65.2 Å². The number of aliphatic hydroxyl groups is 1. The minimum atomic E-state index is -0.183. The van der Waals surface area contributed by atoms with Crippen molar-refractivity contribution in [1.29, 1.82) is 0 Å². The van der Waals surface area contributed by atoms with Crippen molar-refractivity contribution in [3.63, 3.8) is 0 Å². The molecule has 0 aliphatic heterocycles. The SMILES string of the molecule is COc1ccccc1C(NC(=O)Cc1ccccc1CO)C(C)(C)C. The van der Waals surface area contributed by atoms with E-state index in [2.05, 4.69) is 26.1 Å². The van der Waals surface area contributed by atoms with Gasteiger partial charge in [0.2, 0.25) is 5.91 Å².